The molecular formula is C18H26ClNO4. The lowest BCUT2D eigenvalue weighted by Crippen LogP contribution is -2.36. The molecule has 0 spiro atoms. The summed E-state index contributed by atoms with van der Waals surface area (Å²) in [5, 5.41) is 3.35. The van der Waals surface area contributed by atoms with E-state index in [1.807, 2.05) is 12.1 Å². The monoisotopic (exact) mass is 355 g/mol. The van der Waals surface area contributed by atoms with Gasteiger partial charge in [0.1, 0.15) is 5.75 Å². The number of carbonyl (C=O) groups excluding carboxylic acids is 2. The van der Waals surface area contributed by atoms with Crippen molar-refractivity contribution in [1.29, 1.82) is 0 Å². The third-order valence-corrected chi connectivity index (χ3v) is 3.91. The predicted molar refractivity (Wildman–Crippen MR) is 94.3 cm³/mol. The maximum Gasteiger partial charge on any atom is 0.305 e. The highest BCUT2D eigenvalue weighted by molar-refractivity contribution is 6.32. The van der Waals surface area contributed by atoms with E-state index in [1.54, 1.807) is 19.1 Å². The van der Waals surface area contributed by atoms with E-state index in [0.29, 0.717) is 23.7 Å². The number of rotatable bonds is 11. The van der Waals surface area contributed by atoms with Crippen molar-refractivity contribution in [3.8, 4) is 5.75 Å². The number of hydrogen-bond donors (Lipinski definition) is 1. The zero-order valence-corrected chi connectivity index (χ0v) is 15.1. The molecule has 0 bridgehead atoms. The molecule has 0 radical (unpaired) electrons. The van der Waals surface area contributed by atoms with Gasteiger partial charge in [0.05, 0.1) is 12.1 Å². The minimum atomic E-state index is -0.593. The van der Waals surface area contributed by atoms with Crippen molar-refractivity contribution in [1.82, 2.24) is 5.32 Å². The van der Waals surface area contributed by atoms with Gasteiger partial charge in [-0.25, -0.2) is 0 Å². The Balaban J connectivity index is 2.09. The van der Waals surface area contributed by atoms with Crippen LogP contribution in [0.4, 0.5) is 0 Å². The van der Waals surface area contributed by atoms with Crippen molar-refractivity contribution >= 4 is 23.5 Å². The second-order valence-electron chi connectivity index (χ2n) is 5.58. The first-order chi connectivity index (χ1) is 11.5. The number of nitrogens with one attached hydrogen (secondary N) is 1. The molecule has 134 valence electrons. The van der Waals surface area contributed by atoms with Gasteiger partial charge in [-0.15, -0.1) is 0 Å². The van der Waals surface area contributed by atoms with Crippen LogP contribution in [0.25, 0.3) is 0 Å². The number of carbonyl (C=O) groups is 2. The molecule has 0 saturated carbocycles. The van der Waals surface area contributed by atoms with E-state index in [0.717, 1.165) is 32.1 Å². The van der Waals surface area contributed by atoms with E-state index in [1.165, 1.54) is 7.11 Å². The van der Waals surface area contributed by atoms with Crippen molar-refractivity contribution < 1.29 is 19.1 Å². The Morgan fingerprint density at radius 3 is 2.50 bits per heavy atom. The summed E-state index contributed by atoms with van der Waals surface area (Å²) < 4.78 is 10.1. The lowest BCUT2D eigenvalue weighted by Gasteiger charge is -2.15. The number of esters is 1. The summed E-state index contributed by atoms with van der Waals surface area (Å²) in [5.74, 6) is 0.197. The smallest absolute Gasteiger partial charge is 0.305 e. The second-order valence-corrected chi connectivity index (χ2v) is 5.98. The summed E-state index contributed by atoms with van der Waals surface area (Å²) in [4.78, 5) is 22.9. The zero-order chi connectivity index (χ0) is 17.8. The molecule has 1 atom stereocenters. The molecule has 5 nitrogen and oxygen atoms in total. The van der Waals surface area contributed by atoms with Crippen LogP contribution in [0.5, 0.6) is 5.75 Å². The molecule has 0 unspecified atom stereocenters. The van der Waals surface area contributed by atoms with Gasteiger partial charge in [-0.05, 0) is 31.9 Å². The summed E-state index contributed by atoms with van der Waals surface area (Å²) in [6.45, 7) is 2.32. The standard InChI is InChI=1S/C18H26ClNO4/c1-14(24-16-11-8-7-10-15(16)19)18(22)20-13-9-5-3-4-6-12-17(21)23-2/h7-8,10-11,14H,3-6,9,12-13H2,1-2H3,(H,20,22)/t14-/m0/s1. The van der Waals surface area contributed by atoms with Crippen LogP contribution in [0.15, 0.2) is 24.3 Å². The Morgan fingerprint density at radius 2 is 1.79 bits per heavy atom. The fraction of sp³-hybridized carbons (Fsp3) is 0.556. The summed E-state index contributed by atoms with van der Waals surface area (Å²) in [7, 11) is 1.40. The maximum atomic E-state index is 12.0. The van der Waals surface area contributed by atoms with Crippen LogP contribution >= 0.6 is 11.6 Å². The molecule has 0 saturated heterocycles. The van der Waals surface area contributed by atoms with Crippen molar-refractivity contribution in [2.75, 3.05) is 13.7 Å². The summed E-state index contributed by atoms with van der Waals surface area (Å²) in [6.07, 6.45) is 4.69. The van der Waals surface area contributed by atoms with Crippen LogP contribution in [0.3, 0.4) is 0 Å². The predicted octanol–water partition coefficient (Wildman–Crippen LogP) is 3.74. The third-order valence-electron chi connectivity index (χ3n) is 3.59. The van der Waals surface area contributed by atoms with Crippen molar-refractivity contribution in [2.45, 2.75) is 51.6 Å². The molecule has 6 heteroatoms. The van der Waals surface area contributed by atoms with Crippen LogP contribution in [-0.4, -0.2) is 31.6 Å². The number of unbranched alkanes of at least 4 members (excludes halogenated alkanes) is 4. The Labute approximate surface area is 148 Å². The van der Waals surface area contributed by atoms with E-state index >= 15 is 0 Å². The van der Waals surface area contributed by atoms with Gasteiger partial charge < -0.3 is 14.8 Å². The van der Waals surface area contributed by atoms with Gasteiger partial charge in [0.15, 0.2) is 6.10 Å². The fourth-order valence-electron chi connectivity index (χ4n) is 2.17. The molecule has 0 aromatic heterocycles. The largest absolute Gasteiger partial charge is 0.479 e. The Morgan fingerprint density at radius 1 is 1.12 bits per heavy atom. The van der Waals surface area contributed by atoms with Crippen molar-refractivity contribution in [2.24, 2.45) is 0 Å². The Hall–Kier alpha value is -1.75. The highest BCUT2D eigenvalue weighted by atomic mass is 35.5. The maximum absolute atomic E-state index is 12.0. The quantitative estimate of drug-likeness (QED) is 0.485. The topological polar surface area (TPSA) is 64.6 Å². The molecular weight excluding hydrogens is 330 g/mol. The normalized spacial score (nSPS) is 11.6. The molecule has 1 aromatic rings. The molecule has 0 aliphatic heterocycles. The number of amides is 1. The zero-order valence-electron chi connectivity index (χ0n) is 14.3. The lowest BCUT2D eigenvalue weighted by molar-refractivity contribution is -0.140. The van der Waals surface area contributed by atoms with Crippen LogP contribution in [-0.2, 0) is 14.3 Å². The van der Waals surface area contributed by atoms with Crippen LogP contribution in [0.2, 0.25) is 5.02 Å². The van der Waals surface area contributed by atoms with Gasteiger partial charge in [-0.2, -0.15) is 0 Å². The number of benzene rings is 1. The molecule has 0 aliphatic carbocycles. The molecule has 24 heavy (non-hydrogen) atoms. The fourth-order valence-corrected chi connectivity index (χ4v) is 2.35. The van der Waals surface area contributed by atoms with Gasteiger partial charge in [0.2, 0.25) is 0 Å². The average molecular weight is 356 g/mol. The molecule has 1 aromatic carbocycles. The first-order valence-corrected chi connectivity index (χ1v) is 8.68. The number of para-hydroxylation sites is 1. The molecule has 0 fully saturated rings. The Bertz CT molecular complexity index is 521. The Kier molecular flexibility index (Phi) is 9.92. The van der Waals surface area contributed by atoms with E-state index in [9.17, 15) is 9.59 Å². The number of hydrogen-bond acceptors (Lipinski definition) is 4. The number of halogens is 1. The minimum absolute atomic E-state index is 0.152. The van der Waals surface area contributed by atoms with Crippen LogP contribution in [0, 0.1) is 0 Å². The number of ether oxygens (including phenoxy) is 2. The van der Waals surface area contributed by atoms with E-state index in [-0.39, 0.29) is 11.9 Å². The van der Waals surface area contributed by atoms with E-state index < -0.39 is 6.10 Å². The average Bonchev–Trinajstić information content (AvgIpc) is 2.58. The van der Waals surface area contributed by atoms with Crippen molar-refractivity contribution in [3.63, 3.8) is 0 Å². The summed E-state index contributed by atoms with van der Waals surface area (Å²) in [6, 6.07) is 7.08. The SMILES string of the molecule is COC(=O)CCCCCCCNC(=O)[C@H](C)Oc1ccccc1Cl. The van der Waals surface area contributed by atoms with E-state index in [2.05, 4.69) is 10.1 Å². The van der Waals surface area contributed by atoms with Crippen LogP contribution < -0.4 is 10.1 Å². The van der Waals surface area contributed by atoms with Crippen molar-refractivity contribution in [3.05, 3.63) is 29.3 Å². The lowest BCUT2D eigenvalue weighted by atomic mass is 10.1. The number of methoxy groups -OCH3 is 1. The molecule has 1 rings (SSSR count). The summed E-state index contributed by atoms with van der Waals surface area (Å²) in [5.41, 5.74) is 0. The van der Waals surface area contributed by atoms with Gasteiger partial charge in [-0.1, -0.05) is 43.0 Å². The molecule has 1 N–H and O–H groups in total. The molecule has 0 heterocycles. The first-order valence-electron chi connectivity index (χ1n) is 8.30. The molecule has 1 amide bonds. The molecule has 0 aliphatic rings. The first kappa shape index (κ1) is 20.3. The van der Waals surface area contributed by atoms with Crippen LogP contribution in [0.1, 0.15) is 45.4 Å². The van der Waals surface area contributed by atoms with Gasteiger partial charge in [-0.3, -0.25) is 9.59 Å². The highest BCUT2D eigenvalue weighted by Crippen LogP contribution is 2.24. The van der Waals surface area contributed by atoms with Gasteiger partial charge in [0.25, 0.3) is 5.91 Å². The third kappa shape index (κ3) is 8.20. The van der Waals surface area contributed by atoms with E-state index in [4.69, 9.17) is 16.3 Å². The highest BCUT2D eigenvalue weighted by Gasteiger charge is 2.15. The van der Waals surface area contributed by atoms with Gasteiger partial charge in [0, 0.05) is 13.0 Å². The second kappa shape index (κ2) is 11.7. The summed E-state index contributed by atoms with van der Waals surface area (Å²) >= 11 is 6.00. The minimum Gasteiger partial charge on any atom is -0.479 e. The van der Waals surface area contributed by atoms with Gasteiger partial charge >= 0.3 is 5.97 Å².